The molecule has 2 aromatic heterocycles. The molecule has 1 unspecified atom stereocenters. The molecule has 0 N–H and O–H groups in total. The summed E-state index contributed by atoms with van der Waals surface area (Å²) in [5, 5.41) is 0.740. The Morgan fingerprint density at radius 2 is 2.12 bits per heavy atom. The Labute approximate surface area is 144 Å². The number of pyridine rings is 2. The van der Waals surface area contributed by atoms with Crippen molar-refractivity contribution in [2.75, 3.05) is 30.8 Å². The highest BCUT2D eigenvalue weighted by Gasteiger charge is 2.29. The number of amides is 1. The Hall–Kier alpha value is -2.15. The summed E-state index contributed by atoms with van der Waals surface area (Å²) in [7, 11) is 0. The van der Waals surface area contributed by atoms with Crippen LogP contribution in [0.4, 0.5) is 10.2 Å². The fourth-order valence-electron chi connectivity index (χ4n) is 2.93. The van der Waals surface area contributed by atoms with Crippen molar-refractivity contribution in [3.8, 4) is 0 Å². The van der Waals surface area contributed by atoms with Crippen LogP contribution in [0, 0.1) is 5.95 Å². The van der Waals surface area contributed by atoms with Gasteiger partial charge in [-0.1, -0.05) is 6.07 Å². The number of carbonyl (C=O) groups is 1. The normalized spacial score (nSPS) is 17.9. The Morgan fingerprint density at radius 3 is 2.83 bits per heavy atom. The van der Waals surface area contributed by atoms with Crippen LogP contribution in [0.3, 0.4) is 0 Å². The Bertz CT molecular complexity index is 742. The van der Waals surface area contributed by atoms with Crippen molar-refractivity contribution in [3.05, 3.63) is 48.0 Å². The van der Waals surface area contributed by atoms with Gasteiger partial charge in [-0.15, -0.1) is 11.8 Å². The molecule has 0 aliphatic carbocycles. The molecular formula is C17H19FN4OS. The molecule has 2 aromatic rings. The maximum Gasteiger partial charge on any atom is 0.256 e. The van der Waals surface area contributed by atoms with Crippen molar-refractivity contribution < 1.29 is 9.18 Å². The summed E-state index contributed by atoms with van der Waals surface area (Å²) < 4.78 is 13.3. The van der Waals surface area contributed by atoms with Crippen molar-refractivity contribution in [2.45, 2.75) is 18.0 Å². The summed E-state index contributed by atoms with van der Waals surface area (Å²) in [6.45, 7) is 3.78. The summed E-state index contributed by atoms with van der Waals surface area (Å²) in [6, 6.07) is 8.44. The van der Waals surface area contributed by atoms with E-state index in [0.29, 0.717) is 31.0 Å². The Balaban J connectivity index is 1.74. The Morgan fingerprint density at radius 1 is 1.29 bits per heavy atom. The van der Waals surface area contributed by atoms with Gasteiger partial charge in [-0.25, -0.2) is 9.97 Å². The minimum absolute atomic E-state index is 0.00819. The molecule has 0 bridgehead atoms. The van der Waals surface area contributed by atoms with Crippen LogP contribution in [-0.2, 0) is 0 Å². The van der Waals surface area contributed by atoms with E-state index in [1.807, 2.05) is 29.0 Å². The van der Waals surface area contributed by atoms with E-state index in [0.717, 1.165) is 5.03 Å². The van der Waals surface area contributed by atoms with Gasteiger partial charge in [-0.2, -0.15) is 4.39 Å². The van der Waals surface area contributed by atoms with Crippen LogP contribution < -0.4 is 4.90 Å². The first-order chi connectivity index (χ1) is 11.6. The van der Waals surface area contributed by atoms with Crippen LogP contribution in [0.2, 0.25) is 0 Å². The number of thioether (sulfide) groups is 1. The molecule has 1 atom stereocenters. The third-order valence-electron chi connectivity index (χ3n) is 4.10. The van der Waals surface area contributed by atoms with Crippen molar-refractivity contribution in [3.63, 3.8) is 0 Å². The molecule has 1 fully saturated rings. The summed E-state index contributed by atoms with van der Waals surface area (Å²) in [4.78, 5) is 24.9. The van der Waals surface area contributed by atoms with Gasteiger partial charge < -0.3 is 9.80 Å². The highest BCUT2D eigenvalue weighted by atomic mass is 32.2. The zero-order valence-corrected chi connectivity index (χ0v) is 14.5. The van der Waals surface area contributed by atoms with Gasteiger partial charge in [0.15, 0.2) is 0 Å². The topological polar surface area (TPSA) is 49.3 Å². The standard InChI is InChI=1S/C17H19FN4OS/c1-12-11-21(17(23)13-5-4-8-19-16(13)24-2)9-10-22(12)15-7-3-6-14(18)20-15/h3-8,12H,9-11H2,1-2H3. The van der Waals surface area contributed by atoms with E-state index in [1.165, 1.54) is 17.8 Å². The molecule has 1 saturated heterocycles. The zero-order valence-electron chi connectivity index (χ0n) is 13.6. The van der Waals surface area contributed by atoms with Crippen LogP contribution in [-0.4, -0.2) is 52.7 Å². The van der Waals surface area contributed by atoms with Crippen molar-refractivity contribution in [1.82, 2.24) is 14.9 Å². The Kier molecular flexibility index (Phi) is 4.99. The SMILES string of the molecule is CSc1ncccc1C(=O)N1CCN(c2cccc(F)n2)C(C)C1. The van der Waals surface area contributed by atoms with Gasteiger partial charge in [-0.3, -0.25) is 4.79 Å². The average Bonchev–Trinajstić information content (AvgIpc) is 2.61. The molecule has 3 heterocycles. The van der Waals surface area contributed by atoms with E-state index in [4.69, 9.17) is 0 Å². The minimum atomic E-state index is -0.488. The number of hydrogen-bond acceptors (Lipinski definition) is 5. The van der Waals surface area contributed by atoms with Gasteiger partial charge in [0.25, 0.3) is 5.91 Å². The summed E-state index contributed by atoms with van der Waals surface area (Å²) in [6.07, 6.45) is 3.61. The number of nitrogens with zero attached hydrogens (tertiary/aromatic N) is 4. The first kappa shape index (κ1) is 16.7. The molecule has 1 aliphatic heterocycles. The molecule has 126 valence electrons. The summed E-state index contributed by atoms with van der Waals surface area (Å²) in [5.74, 6) is 0.116. The fourth-order valence-corrected chi connectivity index (χ4v) is 3.47. The molecule has 0 aromatic carbocycles. The van der Waals surface area contributed by atoms with E-state index in [2.05, 4.69) is 9.97 Å². The first-order valence-electron chi connectivity index (χ1n) is 7.77. The zero-order chi connectivity index (χ0) is 17.1. The molecule has 0 saturated carbocycles. The van der Waals surface area contributed by atoms with Gasteiger partial charge in [0.05, 0.1) is 5.56 Å². The predicted octanol–water partition coefficient (Wildman–Crippen LogP) is 2.69. The lowest BCUT2D eigenvalue weighted by Crippen LogP contribution is -2.54. The van der Waals surface area contributed by atoms with Crippen molar-refractivity contribution in [1.29, 1.82) is 0 Å². The average molecular weight is 346 g/mol. The van der Waals surface area contributed by atoms with E-state index in [9.17, 15) is 9.18 Å². The van der Waals surface area contributed by atoms with Gasteiger partial charge in [0.2, 0.25) is 5.95 Å². The lowest BCUT2D eigenvalue weighted by atomic mass is 10.1. The number of aromatic nitrogens is 2. The van der Waals surface area contributed by atoms with Gasteiger partial charge in [0, 0.05) is 31.9 Å². The number of carbonyl (C=O) groups excluding carboxylic acids is 1. The largest absolute Gasteiger partial charge is 0.350 e. The third-order valence-corrected chi connectivity index (χ3v) is 4.82. The monoisotopic (exact) mass is 346 g/mol. The van der Waals surface area contributed by atoms with E-state index in [1.54, 1.807) is 24.4 Å². The first-order valence-corrected chi connectivity index (χ1v) is 9.00. The lowest BCUT2D eigenvalue weighted by Gasteiger charge is -2.40. The van der Waals surface area contributed by atoms with E-state index in [-0.39, 0.29) is 11.9 Å². The van der Waals surface area contributed by atoms with Gasteiger partial charge in [-0.05, 0) is 37.4 Å². The highest BCUT2D eigenvalue weighted by molar-refractivity contribution is 7.98. The van der Waals surface area contributed by atoms with E-state index >= 15 is 0 Å². The fraction of sp³-hybridized carbons (Fsp3) is 0.353. The van der Waals surface area contributed by atoms with Gasteiger partial charge >= 0.3 is 0 Å². The minimum Gasteiger partial charge on any atom is -0.350 e. The maximum absolute atomic E-state index is 13.3. The second kappa shape index (κ2) is 7.17. The van der Waals surface area contributed by atoms with Crippen LogP contribution in [0.25, 0.3) is 0 Å². The molecule has 7 heteroatoms. The molecule has 3 rings (SSSR count). The number of halogens is 1. The molecule has 0 radical (unpaired) electrons. The molecule has 0 spiro atoms. The van der Waals surface area contributed by atoms with Crippen LogP contribution in [0.5, 0.6) is 0 Å². The molecule has 24 heavy (non-hydrogen) atoms. The van der Waals surface area contributed by atoms with Crippen LogP contribution in [0.15, 0.2) is 41.6 Å². The molecule has 1 aliphatic rings. The summed E-state index contributed by atoms with van der Waals surface area (Å²) in [5.41, 5.74) is 0.634. The molecule has 5 nitrogen and oxygen atoms in total. The molecular weight excluding hydrogens is 327 g/mol. The quantitative estimate of drug-likeness (QED) is 0.632. The highest BCUT2D eigenvalue weighted by Crippen LogP contribution is 2.22. The lowest BCUT2D eigenvalue weighted by molar-refractivity contribution is 0.0721. The number of hydrogen-bond donors (Lipinski definition) is 0. The van der Waals surface area contributed by atoms with Crippen LogP contribution >= 0.6 is 11.8 Å². The second-order valence-corrected chi connectivity index (χ2v) is 6.47. The maximum atomic E-state index is 13.3. The summed E-state index contributed by atoms with van der Waals surface area (Å²) >= 11 is 1.47. The van der Waals surface area contributed by atoms with E-state index < -0.39 is 5.95 Å². The smallest absolute Gasteiger partial charge is 0.256 e. The number of rotatable bonds is 3. The number of anilines is 1. The third kappa shape index (κ3) is 3.36. The van der Waals surface area contributed by atoms with Crippen molar-refractivity contribution >= 4 is 23.5 Å². The molecule has 1 amide bonds. The van der Waals surface area contributed by atoms with Gasteiger partial charge in [0.1, 0.15) is 10.8 Å². The predicted molar refractivity (Wildman–Crippen MR) is 92.9 cm³/mol. The van der Waals surface area contributed by atoms with Crippen molar-refractivity contribution in [2.24, 2.45) is 0 Å². The second-order valence-electron chi connectivity index (χ2n) is 5.67. The number of piperazine rings is 1. The van der Waals surface area contributed by atoms with Crippen LogP contribution in [0.1, 0.15) is 17.3 Å².